The van der Waals surface area contributed by atoms with Gasteiger partial charge in [0.1, 0.15) is 96.4 Å². The standard InChI is InChI=1S/C94H133N25O20S/c1-10-12-26-72-86(132)107-63(25-18-34-100-94(97)98)82(128)114-71(81(127)103-46-77(96)123)48-140-49-78(124)106-67(38-54-30-32-58(121)33-31-54)89(135)115(7)53(6)80(126)111-69(42-76(95)122)92(138)119-36-20-29-74(119)88(134)109-65(41-57-45-99-50-104-57)83(129)105-52(5)79(125)110-66(37-51(3)4)91(137)118-35-19-28-73(118)87(133)108-64(39-55-43-101-61-23-16-14-21-59(55)61)84(130)113-70(47-120)85(131)112-68(40-56-44-102-62-24-17-15-22-60(56)62)90(136)117(9)75(27-13-11-2)93(139)116(72)8/h14-17,21-24,30-33,43-45,50-53,63-75,101-102,120-121H,10-13,18-20,25-29,34-42,46-49H2,1-9H3,(H2,95,122)(H2,96,123)(H,99,104)(H,103,127)(H,105,129)(H,106,124)(H,107,132)(H,108,133)(H,109,134)(H,110,125)(H,111,126)(H,112,131)(H,113,130)(H,114,128)(H4,97,98,100)/t52-,53-,63-,64-,65-,66+,67-,68-,69-,70-,71-,72-,73-,74-,75-/m0/s1. The number of H-pyrrole nitrogens is 3. The Kier molecular flexibility index (Phi) is 41.1. The highest BCUT2D eigenvalue weighted by Gasteiger charge is 2.46. The van der Waals surface area contributed by atoms with Gasteiger partial charge in [-0.3, -0.25) is 91.7 Å². The summed E-state index contributed by atoms with van der Waals surface area (Å²) in [7, 11) is 3.91. The Morgan fingerprint density at radius 1 is 0.514 bits per heavy atom. The van der Waals surface area contributed by atoms with Crippen LogP contribution in [0.25, 0.3) is 21.8 Å². The number of carbonyl (C=O) groups excluding carboxylic acids is 18. The van der Waals surface area contributed by atoms with Crippen molar-refractivity contribution in [1.29, 1.82) is 5.41 Å². The first-order valence-electron chi connectivity index (χ1n) is 47.1. The van der Waals surface area contributed by atoms with Gasteiger partial charge in [-0.2, -0.15) is 0 Å². The van der Waals surface area contributed by atoms with Gasteiger partial charge in [0.2, 0.25) is 106 Å². The lowest BCUT2D eigenvalue weighted by atomic mass is 10.00. The van der Waals surface area contributed by atoms with Gasteiger partial charge in [-0.05, 0) is 119 Å². The smallest absolute Gasteiger partial charge is 0.246 e. The van der Waals surface area contributed by atoms with E-state index in [2.05, 4.69) is 83.7 Å². The van der Waals surface area contributed by atoms with Gasteiger partial charge in [-0.1, -0.05) is 102 Å². The fraction of sp³-hybridized carbons (Fsp3) is 0.532. The molecule has 24 N–H and O–H groups in total. The molecule has 0 spiro atoms. The number of hydrogen-bond acceptors (Lipinski definition) is 23. The highest BCUT2D eigenvalue weighted by atomic mass is 32.2. The first kappa shape index (κ1) is 109. The van der Waals surface area contributed by atoms with Gasteiger partial charge in [-0.15, -0.1) is 11.8 Å². The van der Waals surface area contributed by atoms with Crippen molar-refractivity contribution in [2.45, 2.75) is 248 Å². The number of thioether (sulfide) groups is 1. The normalized spacial score (nSPS) is 24.5. The minimum Gasteiger partial charge on any atom is -0.508 e. The lowest BCUT2D eigenvalue weighted by Crippen LogP contribution is -2.61. The Morgan fingerprint density at radius 2 is 1.02 bits per heavy atom. The number of hydrogen-bond donors (Lipinski definition) is 21. The predicted octanol–water partition coefficient (Wildman–Crippen LogP) is -2.39. The number of imidazole rings is 1. The number of primary amides is 2. The van der Waals surface area contributed by atoms with Crippen molar-refractivity contribution in [3.05, 3.63) is 120 Å². The van der Waals surface area contributed by atoms with Crippen LogP contribution in [0, 0.1) is 11.3 Å². The molecule has 3 aromatic carbocycles. The van der Waals surface area contributed by atoms with Crippen LogP contribution in [0.2, 0.25) is 0 Å². The summed E-state index contributed by atoms with van der Waals surface area (Å²) in [5.41, 5.74) is 19.8. The number of guanidine groups is 1. The number of nitrogens with two attached hydrogens (primary N) is 3. The van der Waals surface area contributed by atoms with Crippen LogP contribution in [0.3, 0.4) is 0 Å². The average Bonchev–Trinajstić information content (AvgIpc) is 1.23. The number of aliphatic hydroxyl groups is 1. The number of phenols is 1. The van der Waals surface area contributed by atoms with Crippen LogP contribution >= 0.6 is 11.8 Å². The summed E-state index contributed by atoms with van der Waals surface area (Å²) in [5, 5.41) is 62.4. The second kappa shape index (κ2) is 52.5. The number of aliphatic hydroxyl groups excluding tert-OH is 1. The van der Waals surface area contributed by atoms with Crippen molar-refractivity contribution < 1.29 is 96.5 Å². The Morgan fingerprint density at radius 3 is 1.59 bits per heavy atom. The van der Waals surface area contributed by atoms with E-state index in [9.17, 15) is 63.0 Å². The zero-order valence-corrected chi connectivity index (χ0v) is 81.0. The minimum absolute atomic E-state index is 0.000404. The molecule has 3 fully saturated rings. The quantitative estimate of drug-likeness (QED) is 0.0153. The molecule has 0 saturated carbocycles. The molecule has 15 atom stereocenters. The van der Waals surface area contributed by atoms with Gasteiger partial charge >= 0.3 is 0 Å². The number of benzene rings is 3. The third-order valence-electron chi connectivity index (χ3n) is 25.0. The summed E-state index contributed by atoms with van der Waals surface area (Å²) >= 11 is 0.757. The second-order valence-corrected chi connectivity index (χ2v) is 37.0. The number of amides is 18. The van der Waals surface area contributed by atoms with Crippen molar-refractivity contribution in [2.75, 3.05) is 65.4 Å². The van der Waals surface area contributed by atoms with Gasteiger partial charge in [0.15, 0.2) is 5.96 Å². The molecule has 46 heteroatoms. The average molecular weight is 1970 g/mol. The molecule has 18 amide bonds. The fourth-order valence-corrected chi connectivity index (χ4v) is 18.0. The van der Waals surface area contributed by atoms with Crippen LogP contribution in [0.4, 0.5) is 0 Å². The molecule has 6 aromatic rings. The van der Waals surface area contributed by atoms with E-state index in [0.29, 0.717) is 64.2 Å². The Hall–Kier alpha value is -14.2. The number of para-hydroxylation sites is 2. The molecule has 0 radical (unpaired) electrons. The van der Waals surface area contributed by atoms with Gasteiger partial charge in [0.25, 0.3) is 0 Å². The molecule has 45 nitrogen and oxygen atoms in total. The van der Waals surface area contributed by atoms with E-state index in [4.69, 9.17) is 22.6 Å². The number of fused-ring (bicyclic) bond motifs is 4. The highest BCUT2D eigenvalue weighted by Crippen LogP contribution is 2.28. The SMILES string of the molecule is CCCC[C@H]1C(=O)N(C)[C@@H](CCCC)C(=O)N[C@@H](CCCNC(=N)N)C(=O)N[C@H](C(=O)NCC(N)=O)CSCC(=O)N[C@@H](Cc2ccc(O)cc2)C(=O)N(C)[C@@H](C)C(=O)N[C@@H](CC(N)=O)C(=O)N2CCC[C@H]2C(=O)N[C@@H](Cc2c[nH]cn2)C(=O)N[C@@H](C)C(=O)N[C@H](CC(C)C)C(=O)N2CCC[C@H]2C(=O)N[C@@H](Cc2c[nH]c3ccccc23)C(=O)N[C@@H](CO)C(=O)N[C@@H](Cc2c[nH]c3ccccc23)C(=O)N1C. The molecular formula is C94H133N25O20S. The van der Waals surface area contributed by atoms with Crippen LogP contribution in [0.1, 0.15) is 154 Å². The third kappa shape index (κ3) is 30.6. The molecule has 140 heavy (non-hydrogen) atoms. The Bertz CT molecular complexity index is 5400. The summed E-state index contributed by atoms with van der Waals surface area (Å²) in [6.45, 7) is 7.92. The van der Waals surface area contributed by atoms with Crippen LogP contribution in [0.5, 0.6) is 5.75 Å². The second-order valence-electron chi connectivity index (χ2n) is 36.0. The topological polar surface area (TPSA) is 670 Å². The summed E-state index contributed by atoms with van der Waals surface area (Å²) in [4.78, 5) is 283. The van der Waals surface area contributed by atoms with Crippen LogP contribution in [0.15, 0.2) is 97.7 Å². The molecule has 0 bridgehead atoms. The van der Waals surface area contributed by atoms with E-state index in [1.807, 2.05) is 13.8 Å². The Labute approximate surface area is 814 Å². The van der Waals surface area contributed by atoms with E-state index in [1.165, 1.54) is 76.7 Å². The highest BCUT2D eigenvalue weighted by molar-refractivity contribution is 8.00. The molecule has 6 heterocycles. The first-order chi connectivity index (χ1) is 66.7. The summed E-state index contributed by atoms with van der Waals surface area (Å²) < 4.78 is 0. The summed E-state index contributed by atoms with van der Waals surface area (Å²) in [6, 6.07) is -2.95. The number of carbonyl (C=O) groups is 18. The van der Waals surface area contributed by atoms with Gasteiger partial charge in [0.05, 0.1) is 37.3 Å². The van der Waals surface area contributed by atoms with Crippen molar-refractivity contribution in [2.24, 2.45) is 23.1 Å². The molecule has 3 aromatic heterocycles. The third-order valence-corrected chi connectivity index (χ3v) is 26.1. The molecule has 760 valence electrons. The van der Waals surface area contributed by atoms with Crippen molar-refractivity contribution in [3.63, 3.8) is 0 Å². The molecule has 0 unspecified atom stereocenters. The summed E-state index contributed by atoms with van der Waals surface area (Å²) in [6.07, 6.45) is 6.09. The Balaban J connectivity index is 1.08. The minimum atomic E-state index is -1.86. The van der Waals surface area contributed by atoms with Crippen molar-refractivity contribution >= 4 is 146 Å². The number of rotatable bonds is 26. The lowest BCUT2D eigenvalue weighted by molar-refractivity contribution is -0.149. The van der Waals surface area contributed by atoms with E-state index in [-0.39, 0.29) is 120 Å². The zero-order chi connectivity index (χ0) is 102. The van der Waals surface area contributed by atoms with E-state index >= 15 is 33.6 Å². The number of aromatic amines is 3. The predicted molar refractivity (Wildman–Crippen MR) is 516 cm³/mol. The number of likely N-dealkylation sites (N-methyl/N-ethyl adjacent to an activating group) is 3. The van der Waals surface area contributed by atoms with E-state index < -0.39 is 234 Å². The van der Waals surface area contributed by atoms with Crippen LogP contribution in [-0.2, 0) is 112 Å². The summed E-state index contributed by atoms with van der Waals surface area (Å²) in [5.74, 6) is -18.4. The number of nitrogens with one attached hydrogen (secondary N) is 16. The molecular weight excluding hydrogens is 1830 g/mol. The molecule has 0 aliphatic carbocycles. The van der Waals surface area contributed by atoms with E-state index in [1.54, 1.807) is 74.8 Å². The van der Waals surface area contributed by atoms with E-state index in [0.717, 1.165) is 31.4 Å². The molecule has 3 saturated heterocycles. The number of nitrogens with zero attached hydrogens (tertiary/aromatic N) is 6. The monoisotopic (exact) mass is 1960 g/mol. The van der Waals surface area contributed by atoms with Crippen molar-refractivity contribution in [3.8, 4) is 5.75 Å². The molecule has 3 aliphatic rings. The fourth-order valence-electron chi connectivity index (χ4n) is 17.2. The number of unbranched alkanes of at least 4 members (excludes halogenated alkanes) is 2. The first-order valence-corrected chi connectivity index (χ1v) is 48.3. The molecule has 9 rings (SSSR count). The molecule has 3 aliphatic heterocycles. The maximum absolute atomic E-state index is 15.8. The van der Waals surface area contributed by atoms with Gasteiger partial charge in [-0.25, -0.2) is 4.98 Å². The zero-order valence-electron chi connectivity index (χ0n) is 80.2. The van der Waals surface area contributed by atoms with Gasteiger partial charge < -0.3 is 131 Å². The maximum atomic E-state index is 15.8. The van der Waals surface area contributed by atoms with Crippen molar-refractivity contribution in [1.82, 2.24) is 108 Å². The van der Waals surface area contributed by atoms with Crippen LogP contribution < -0.4 is 81.0 Å². The maximum Gasteiger partial charge on any atom is 0.246 e. The largest absolute Gasteiger partial charge is 0.508 e. The van der Waals surface area contributed by atoms with Crippen LogP contribution in [-0.4, -0.2) is 323 Å². The number of aromatic hydroxyl groups is 1. The lowest BCUT2D eigenvalue weighted by Gasteiger charge is -2.36. The van der Waals surface area contributed by atoms with Gasteiger partial charge in [0, 0.05) is 113 Å². The number of phenolic OH excluding ortho intramolecular Hbond substituents is 1. The number of aromatic nitrogens is 4.